The Morgan fingerprint density at radius 3 is 2.74 bits per heavy atom. The first-order valence-corrected chi connectivity index (χ1v) is 9.63. The third-order valence-electron chi connectivity index (χ3n) is 5.23. The Morgan fingerprint density at radius 2 is 1.93 bits per heavy atom. The van der Waals surface area contributed by atoms with Crippen LogP contribution in [0.3, 0.4) is 0 Å². The molecule has 0 unspecified atom stereocenters. The highest BCUT2D eigenvalue weighted by atomic mass is 15.2. The van der Waals surface area contributed by atoms with Gasteiger partial charge in [0, 0.05) is 45.0 Å². The summed E-state index contributed by atoms with van der Waals surface area (Å²) in [5, 5.41) is 11.8. The summed E-state index contributed by atoms with van der Waals surface area (Å²) in [7, 11) is 2.19. The highest BCUT2D eigenvalue weighted by molar-refractivity contribution is 5.88. The molecule has 4 rings (SSSR count). The molecule has 1 saturated heterocycles. The Balaban J connectivity index is 1.44. The van der Waals surface area contributed by atoms with Crippen molar-refractivity contribution >= 4 is 16.9 Å². The number of benzene rings is 1. The van der Waals surface area contributed by atoms with Crippen LogP contribution in [0, 0.1) is 0 Å². The molecule has 0 bridgehead atoms. The van der Waals surface area contributed by atoms with Gasteiger partial charge in [-0.2, -0.15) is 5.10 Å². The van der Waals surface area contributed by atoms with E-state index in [4.69, 9.17) is 0 Å². The second-order valence-corrected chi connectivity index (χ2v) is 7.23. The fourth-order valence-electron chi connectivity index (χ4n) is 3.59. The van der Waals surface area contributed by atoms with Crippen molar-refractivity contribution < 1.29 is 0 Å². The molecular formula is C20H27N7. The average Bonchev–Trinajstić information content (AvgIpc) is 3.12. The van der Waals surface area contributed by atoms with Crippen LogP contribution in [0.15, 0.2) is 30.6 Å². The van der Waals surface area contributed by atoms with Gasteiger partial charge in [0.05, 0.1) is 5.39 Å². The zero-order chi connectivity index (χ0) is 18.6. The summed E-state index contributed by atoms with van der Waals surface area (Å²) in [4.78, 5) is 13.6. The first kappa shape index (κ1) is 17.9. The number of anilines is 1. The smallest absolute Gasteiger partial charge is 0.186 e. The van der Waals surface area contributed by atoms with Crippen LogP contribution in [0.4, 0.5) is 5.82 Å². The van der Waals surface area contributed by atoms with Gasteiger partial charge >= 0.3 is 0 Å². The summed E-state index contributed by atoms with van der Waals surface area (Å²) in [6.07, 6.45) is 2.44. The van der Waals surface area contributed by atoms with Crippen molar-refractivity contribution in [2.75, 3.05) is 38.5 Å². The Kier molecular flexibility index (Phi) is 5.31. The SMILES string of the molecule is CCc1[nH]nc2ncnc(NCc3cccc(CN4CCN(C)CC4)c3)c12. The largest absolute Gasteiger partial charge is 0.365 e. The van der Waals surface area contributed by atoms with Crippen LogP contribution in [0.5, 0.6) is 0 Å². The average molecular weight is 365 g/mol. The zero-order valence-corrected chi connectivity index (χ0v) is 16.1. The van der Waals surface area contributed by atoms with Crippen molar-refractivity contribution in [3.8, 4) is 0 Å². The second kappa shape index (κ2) is 8.02. The lowest BCUT2D eigenvalue weighted by Crippen LogP contribution is -2.43. The fraction of sp³-hybridized carbons (Fsp3) is 0.450. The van der Waals surface area contributed by atoms with E-state index in [1.807, 2.05) is 0 Å². The Hall–Kier alpha value is -2.51. The minimum atomic E-state index is 0.716. The number of nitrogens with one attached hydrogen (secondary N) is 2. The molecule has 0 saturated carbocycles. The number of likely N-dealkylation sites (N-methyl/N-ethyl adjacent to an activating group) is 1. The van der Waals surface area contributed by atoms with Gasteiger partial charge in [0.25, 0.3) is 0 Å². The van der Waals surface area contributed by atoms with E-state index < -0.39 is 0 Å². The summed E-state index contributed by atoms with van der Waals surface area (Å²) in [5.74, 6) is 0.843. The molecule has 3 aromatic rings. The number of aromatic amines is 1. The first-order valence-electron chi connectivity index (χ1n) is 9.63. The molecule has 7 heteroatoms. The number of nitrogens with zero attached hydrogens (tertiary/aromatic N) is 5. The van der Waals surface area contributed by atoms with Gasteiger partial charge in [-0.05, 0) is 24.6 Å². The van der Waals surface area contributed by atoms with Crippen molar-refractivity contribution in [2.45, 2.75) is 26.4 Å². The van der Waals surface area contributed by atoms with E-state index in [0.29, 0.717) is 5.65 Å². The number of hydrogen-bond donors (Lipinski definition) is 2. The monoisotopic (exact) mass is 365 g/mol. The van der Waals surface area contributed by atoms with Crippen molar-refractivity contribution in [3.63, 3.8) is 0 Å². The molecule has 7 nitrogen and oxygen atoms in total. The number of H-pyrrole nitrogens is 1. The number of rotatable bonds is 6. The van der Waals surface area contributed by atoms with Crippen molar-refractivity contribution in [1.29, 1.82) is 0 Å². The fourth-order valence-corrected chi connectivity index (χ4v) is 3.59. The molecule has 0 spiro atoms. The van der Waals surface area contributed by atoms with Crippen molar-refractivity contribution in [1.82, 2.24) is 30.0 Å². The van der Waals surface area contributed by atoms with Crippen LogP contribution in [0.25, 0.3) is 11.0 Å². The van der Waals surface area contributed by atoms with E-state index in [1.165, 1.54) is 11.1 Å². The van der Waals surface area contributed by atoms with Crippen LogP contribution in [-0.4, -0.2) is 63.2 Å². The lowest BCUT2D eigenvalue weighted by molar-refractivity contribution is 0.148. The lowest BCUT2D eigenvalue weighted by atomic mass is 10.1. The predicted molar refractivity (Wildman–Crippen MR) is 108 cm³/mol. The molecule has 27 heavy (non-hydrogen) atoms. The van der Waals surface area contributed by atoms with Gasteiger partial charge < -0.3 is 10.2 Å². The first-order chi connectivity index (χ1) is 13.2. The predicted octanol–water partition coefficient (Wildman–Crippen LogP) is 2.27. The maximum absolute atomic E-state index is 4.43. The normalized spacial score (nSPS) is 16.1. The van der Waals surface area contributed by atoms with Crippen LogP contribution in [0.2, 0.25) is 0 Å². The highest BCUT2D eigenvalue weighted by Crippen LogP contribution is 2.22. The van der Waals surface area contributed by atoms with Crippen molar-refractivity contribution in [3.05, 3.63) is 47.4 Å². The lowest BCUT2D eigenvalue weighted by Gasteiger charge is -2.32. The van der Waals surface area contributed by atoms with Gasteiger partial charge in [-0.1, -0.05) is 31.2 Å². The second-order valence-electron chi connectivity index (χ2n) is 7.23. The molecule has 2 N–H and O–H groups in total. The molecule has 142 valence electrons. The van der Waals surface area contributed by atoms with Crippen LogP contribution in [0.1, 0.15) is 23.7 Å². The molecule has 1 fully saturated rings. The summed E-state index contributed by atoms with van der Waals surface area (Å²) in [6.45, 7) is 8.42. The van der Waals surface area contributed by atoms with E-state index >= 15 is 0 Å². The number of hydrogen-bond acceptors (Lipinski definition) is 6. The molecular weight excluding hydrogens is 338 g/mol. The zero-order valence-electron chi connectivity index (χ0n) is 16.1. The molecule has 0 aliphatic carbocycles. The number of fused-ring (bicyclic) bond motifs is 1. The molecule has 1 aliphatic heterocycles. The summed E-state index contributed by atoms with van der Waals surface area (Å²) in [5.41, 5.74) is 4.41. The molecule has 1 aromatic carbocycles. The third kappa shape index (κ3) is 4.09. The minimum absolute atomic E-state index is 0.716. The molecule has 3 heterocycles. The van der Waals surface area contributed by atoms with Gasteiger partial charge in [0.15, 0.2) is 5.65 Å². The molecule has 0 atom stereocenters. The topological polar surface area (TPSA) is 73.0 Å². The van der Waals surface area contributed by atoms with Crippen molar-refractivity contribution in [2.24, 2.45) is 0 Å². The molecule has 2 aromatic heterocycles. The van der Waals surface area contributed by atoms with Gasteiger partial charge in [-0.15, -0.1) is 0 Å². The number of aromatic nitrogens is 4. The number of piperazine rings is 1. The van der Waals surface area contributed by atoms with Gasteiger partial charge in [0.2, 0.25) is 0 Å². The maximum Gasteiger partial charge on any atom is 0.186 e. The van der Waals surface area contributed by atoms with Gasteiger partial charge in [-0.25, -0.2) is 9.97 Å². The minimum Gasteiger partial charge on any atom is -0.365 e. The Labute approximate surface area is 159 Å². The third-order valence-corrected chi connectivity index (χ3v) is 5.23. The highest BCUT2D eigenvalue weighted by Gasteiger charge is 2.14. The maximum atomic E-state index is 4.43. The summed E-state index contributed by atoms with van der Waals surface area (Å²) in [6, 6.07) is 8.82. The van der Waals surface area contributed by atoms with E-state index in [-0.39, 0.29) is 0 Å². The van der Waals surface area contributed by atoms with Gasteiger partial charge in [0.1, 0.15) is 12.1 Å². The van der Waals surface area contributed by atoms with Crippen LogP contribution >= 0.6 is 0 Å². The molecule has 1 aliphatic rings. The van der Waals surface area contributed by atoms with Crippen LogP contribution < -0.4 is 5.32 Å². The van der Waals surface area contributed by atoms with E-state index in [1.54, 1.807) is 6.33 Å². The number of aryl methyl sites for hydroxylation is 1. The standard InChI is InChI=1S/C20H27N7/c1-3-17-18-19(22-14-23-20(18)25-24-17)21-12-15-5-4-6-16(11-15)13-27-9-7-26(2)8-10-27/h4-6,11,14H,3,7-10,12-13H2,1-2H3,(H2,21,22,23,24,25). The van der Waals surface area contributed by atoms with E-state index in [2.05, 4.69) is 73.5 Å². The molecule has 0 amide bonds. The van der Waals surface area contributed by atoms with Crippen LogP contribution in [-0.2, 0) is 19.5 Å². The quantitative estimate of drug-likeness (QED) is 0.698. The van der Waals surface area contributed by atoms with E-state index in [9.17, 15) is 0 Å². The summed E-state index contributed by atoms with van der Waals surface area (Å²) >= 11 is 0. The molecule has 0 radical (unpaired) electrons. The Bertz CT molecular complexity index is 896. The summed E-state index contributed by atoms with van der Waals surface area (Å²) < 4.78 is 0. The van der Waals surface area contributed by atoms with Gasteiger partial charge in [-0.3, -0.25) is 10.00 Å². The Morgan fingerprint density at radius 1 is 1.11 bits per heavy atom. The van der Waals surface area contributed by atoms with E-state index in [0.717, 1.165) is 62.6 Å².